The molecule has 6 nitrogen and oxygen atoms in total. The Labute approximate surface area is 239 Å². The monoisotopic (exact) mass is 546 g/mol. The molecule has 0 bridgehead atoms. The molecule has 2 aliphatic rings. The van der Waals surface area contributed by atoms with Gasteiger partial charge in [0.25, 0.3) is 0 Å². The van der Waals surface area contributed by atoms with Crippen molar-refractivity contribution in [2.75, 3.05) is 0 Å². The zero-order chi connectivity index (χ0) is 28.5. The van der Waals surface area contributed by atoms with E-state index in [0.29, 0.717) is 44.8 Å². The van der Waals surface area contributed by atoms with Gasteiger partial charge < -0.3 is 20.2 Å². The summed E-state index contributed by atoms with van der Waals surface area (Å²) in [5.41, 5.74) is 7.68. The van der Waals surface area contributed by atoms with E-state index in [1.165, 1.54) is 0 Å². The standard InChI is InChI=1S/C36H22N2O4/c39-21-13-9-19(10-14-21)17-25-33-29(23-5-1-3-7-27(23)37-33)31(35(25)41)32-30-24-6-2-4-8-28(24)38-34(30)26(36(32)42)18-20-11-15-22(40)16-12-20/h1-18,37-40H/b25-17+,26-18+,32-31+. The molecule has 4 N–H and O–H groups in total. The van der Waals surface area contributed by atoms with E-state index in [4.69, 9.17) is 0 Å². The van der Waals surface area contributed by atoms with Crippen molar-refractivity contribution in [2.45, 2.75) is 0 Å². The van der Waals surface area contributed by atoms with Crippen LogP contribution in [0.5, 0.6) is 11.5 Å². The van der Waals surface area contributed by atoms with E-state index in [9.17, 15) is 19.8 Å². The molecule has 4 aromatic carbocycles. The molecule has 42 heavy (non-hydrogen) atoms. The van der Waals surface area contributed by atoms with E-state index < -0.39 is 0 Å². The van der Waals surface area contributed by atoms with Gasteiger partial charge in [0, 0.05) is 55.2 Å². The molecular formula is C36H22N2O4. The summed E-state index contributed by atoms with van der Waals surface area (Å²) in [6.07, 6.45) is 3.60. The molecule has 8 rings (SSSR count). The van der Waals surface area contributed by atoms with E-state index in [-0.39, 0.29) is 23.1 Å². The number of Topliss-reactive ketones (excluding diaryl/α,β-unsaturated/α-hetero) is 2. The summed E-state index contributed by atoms with van der Waals surface area (Å²) < 4.78 is 0. The normalized spacial score (nSPS) is 18.1. The first-order valence-corrected chi connectivity index (χ1v) is 13.6. The lowest BCUT2D eigenvalue weighted by molar-refractivity contribution is -0.110. The Kier molecular flexibility index (Phi) is 5.03. The van der Waals surface area contributed by atoms with Crippen molar-refractivity contribution >= 4 is 67.8 Å². The molecule has 0 aliphatic heterocycles. The highest BCUT2D eigenvalue weighted by Gasteiger charge is 2.43. The minimum Gasteiger partial charge on any atom is -0.508 e. The number of H-pyrrole nitrogens is 2. The second-order valence-electron chi connectivity index (χ2n) is 10.5. The minimum absolute atomic E-state index is 0.139. The summed E-state index contributed by atoms with van der Waals surface area (Å²) in [5.74, 6) is -0.193. The average Bonchev–Trinajstić information content (AvgIpc) is 3.70. The number of benzene rings is 4. The number of nitrogens with one attached hydrogen (secondary N) is 2. The Morgan fingerprint density at radius 3 is 1.29 bits per heavy atom. The fraction of sp³-hybridized carbons (Fsp3) is 0. The summed E-state index contributed by atoms with van der Waals surface area (Å²) >= 11 is 0. The van der Waals surface area contributed by atoms with Gasteiger partial charge in [0.1, 0.15) is 11.5 Å². The maximum Gasteiger partial charge on any atom is 0.196 e. The van der Waals surface area contributed by atoms with Crippen molar-refractivity contribution in [3.63, 3.8) is 0 Å². The van der Waals surface area contributed by atoms with Gasteiger partial charge in [-0.3, -0.25) is 9.59 Å². The van der Waals surface area contributed by atoms with E-state index >= 15 is 0 Å². The zero-order valence-corrected chi connectivity index (χ0v) is 22.1. The van der Waals surface area contributed by atoms with Crippen LogP contribution in [0.2, 0.25) is 0 Å². The number of hydrogen-bond acceptors (Lipinski definition) is 4. The number of carbonyl (C=O) groups is 2. The quantitative estimate of drug-likeness (QED) is 0.172. The van der Waals surface area contributed by atoms with Crippen LogP contribution < -0.4 is 0 Å². The molecule has 0 atom stereocenters. The van der Waals surface area contributed by atoms with Crippen LogP contribution in [-0.2, 0) is 9.59 Å². The van der Waals surface area contributed by atoms with Crippen LogP contribution in [0.4, 0.5) is 0 Å². The van der Waals surface area contributed by atoms with Crippen molar-refractivity contribution in [2.24, 2.45) is 0 Å². The molecule has 2 aromatic heterocycles. The number of aromatic hydroxyl groups is 2. The number of aromatic nitrogens is 2. The molecule has 2 heterocycles. The third-order valence-corrected chi connectivity index (χ3v) is 8.05. The highest BCUT2D eigenvalue weighted by Crippen LogP contribution is 2.51. The number of para-hydroxylation sites is 2. The van der Waals surface area contributed by atoms with Crippen LogP contribution in [-0.4, -0.2) is 31.7 Å². The smallest absolute Gasteiger partial charge is 0.196 e. The van der Waals surface area contributed by atoms with Gasteiger partial charge in [-0.05, 0) is 59.7 Å². The first-order valence-electron chi connectivity index (χ1n) is 13.6. The first-order chi connectivity index (χ1) is 20.5. The SMILES string of the molecule is O=C1/C(=C/c2ccc(O)cc2)c2[nH]c3ccccc3c2/C1=C1\C(=O)/C(=C/c2ccc(O)cc2)c2[nH]c3ccccc3c21. The zero-order valence-electron chi connectivity index (χ0n) is 22.1. The molecule has 0 saturated heterocycles. The number of hydrogen-bond donors (Lipinski definition) is 4. The average molecular weight is 547 g/mol. The maximum atomic E-state index is 14.4. The Hall–Kier alpha value is -5.88. The summed E-state index contributed by atoms with van der Waals surface area (Å²) in [6, 6.07) is 28.9. The molecule has 200 valence electrons. The Bertz CT molecular complexity index is 2060. The molecule has 0 saturated carbocycles. The summed E-state index contributed by atoms with van der Waals surface area (Å²) in [7, 11) is 0. The van der Waals surface area contributed by atoms with E-state index in [1.807, 2.05) is 48.5 Å². The number of allylic oxidation sites excluding steroid dienone is 4. The molecule has 0 fully saturated rings. The topological polar surface area (TPSA) is 106 Å². The van der Waals surface area contributed by atoms with Crippen LogP contribution in [0, 0.1) is 0 Å². The van der Waals surface area contributed by atoms with Gasteiger partial charge in [0.15, 0.2) is 11.6 Å². The van der Waals surface area contributed by atoms with Crippen LogP contribution in [0.3, 0.4) is 0 Å². The number of phenolic OH excluding ortho intramolecular Hbond substituents is 2. The molecular weight excluding hydrogens is 524 g/mol. The number of fused-ring (bicyclic) bond motifs is 6. The van der Waals surface area contributed by atoms with Gasteiger partial charge in [-0.25, -0.2) is 0 Å². The molecule has 0 spiro atoms. The van der Waals surface area contributed by atoms with Crippen molar-refractivity contribution in [3.05, 3.63) is 131 Å². The van der Waals surface area contributed by atoms with Crippen LogP contribution in [0.25, 0.3) is 56.3 Å². The van der Waals surface area contributed by atoms with Crippen LogP contribution in [0.15, 0.2) is 97.1 Å². The van der Waals surface area contributed by atoms with Gasteiger partial charge in [-0.15, -0.1) is 0 Å². The second kappa shape index (κ2) is 8.81. The lowest BCUT2D eigenvalue weighted by Gasteiger charge is -2.06. The van der Waals surface area contributed by atoms with Gasteiger partial charge in [0.2, 0.25) is 0 Å². The predicted octanol–water partition coefficient (Wildman–Crippen LogP) is 7.22. The van der Waals surface area contributed by atoms with Gasteiger partial charge in [-0.2, -0.15) is 0 Å². The molecule has 2 aliphatic carbocycles. The molecule has 6 aromatic rings. The number of phenols is 2. The van der Waals surface area contributed by atoms with E-state index in [0.717, 1.165) is 32.9 Å². The summed E-state index contributed by atoms with van der Waals surface area (Å²) in [4.78, 5) is 35.7. The number of carbonyl (C=O) groups excluding carboxylic acids is 2. The molecule has 0 radical (unpaired) electrons. The molecule has 0 amide bonds. The summed E-state index contributed by atoms with van der Waals surface area (Å²) in [5, 5.41) is 21.3. The molecule has 6 heteroatoms. The Balaban J connectivity index is 1.45. The highest BCUT2D eigenvalue weighted by molar-refractivity contribution is 6.64. The predicted molar refractivity (Wildman–Crippen MR) is 165 cm³/mol. The highest BCUT2D eigenvalue weighted by atomic mass is 16.3. The van der Waals surface area contributed by atoms with Gasteiger partial charge in [0.05, 0.1) is 11.4 Å². The number of aromatic amines is 2. The maximum absolute atomic E-state index is 14.4. The first kappa shape index (κ1) is 24.0. The summed E-state index contributed by atoms with van der Waals surface area (Å²) in [6.45, 7) is 0. The van der Waals surface area contributed by atoms with Crippen molar-refractivity contribution in [1.82, 2.24) is 9.97 Å². The van der Waals surface area contributed by atoms with Crippen molar-refractivity contribution < 1.29 is 19.8 Å². The third-order valence-electron chi connectivity index (χ3n) is 8.05. The Morgan fingerprint density at radius 2 is 0.881 bits per heavy atom. The number of ketones is 2. The second-order valence-corrected chi connectivity index (χ2v) is 10.5. The van der Waals surface area contributed by atoms with Crippen molar-refractivity contribution in [3.8, 4) is 11.5 Å². The fourth-order valence-corrected chi connectivity index (χ4v) is 6.16. The van der Waals surface area contributed by atoms with Crippen LogP contribution >= 0.6 is 0 Å². The largest absolute Gasteiger partial charge is 0.508 e. The fourth-order valence-electron chi connectivity index (χ4n) is 6.16. The van der Waals surface area contributed by atoms with Gasteiger partial charge in [-0.1, -0.05) is 60.7 Å². The lowest BCUT2D eigenvalue weighted by atomic mass is 9.93. The lowest BCUT2D eigenvalue weighted by Crippen LogP contribution is -2.04. The van der Waals surface area contributed by atoms with Gasteiger partial charge >= 0.3 is 0 Å². The van der Waals surface area contributed by atoms with E-state index in [2.05, 4.69) is 9.97 Å². The van der Waals surface area contributed by atoms with E-state index in [1.54, 1.807) is 60.7 Å². The van der Waals surface area contributed by atoms with Crippen LogP contribution in [0.1, 0.15) is 33.6 Å². The number of rotatable bonds is 2. The third kappa shape index (κ3) is 3.45. The minimum atomic E-state index is -0.236. The molecule has 0 unspecified atom stereocenters. The van der Waals surface area contributed by atoms with Crippen molar-refractivity contribution in [1.29, 1.82) is 0 Å². The Morgan fingerprint density at radius 1 is 0.500 bits per heavy atom.